The Hall–Kier alpha value is -2.16. The fraction of sp³-hybridized carbons (Fsp3) is 0.235. The van der Waals surface area contributed by atoms with E-state index in [2.05, 4.69) is 62.0 Å². The molecule has 1 aliphatic carbocycles. The zero-order chi connectivity index (χ0) is 16.5. The lowest BCUT2D eigenvalue weighted by atomic mass is 9.77. The van der Waals surface area contributed by atoms with Crippen LogP contribution < -0.4 is 10.3 Å². The van der Waals surface area contributed by atoms with Gasteiger partial charge in [0.25, 0.3) is 5.56 Å². The number of halogens is 1. The summed E-state index contributed by atoms with van der Waals surface area (Å²) in [6.07, 6.45) is 5.23. The summed E-state index contributed by atoms with van der Waals surface area (Å²) in [5.74, 6) is 1.40. The largest absolute Gasteiger partial charge is 0.473 e. The molecule has 0 aliphatic heterocycles. The number of hydrogen-bond donors (Lipinski definition) is 1. The van der Waals surface area contributed by atoms with E-state index in [1.807, 2.05) is 0 Å². The summed E-state index contributed by atoms with van der Waals surface area (Å²) in [7, 11) is 0. The van der Waals surface area contributed by atoms with Gasteiger partial charge in [-0.25, -0.2) is 9.97 Å². The summed E-state index contributed by atoms with van der Waals surface area (Å²) < 4.78 is 12.1. The first-order chi connectivity index (χ1) is 11.7. The molecular formula is C17H14IN3O3. The van der Waals surface area contributed by atoms with Crippen LogP contribution in [0.5, 0.6) is 5.88 Å². The minimum Gasteiger partial charge on any atom is -0.473 e. The van der Waals surface area contributed by atoms with Gasteiger partial charge < -0.3 is 9.26 Å². The lowest BCUT2D eigenvalue weighted by Crippen LogP contribution is -2.32. The highest BCUT2D eigenvalue weighted by Crippen LogP contribution is 2.39. The van der Waals surface area contributed by atoms with Crippen molar-refractivity contribution in [3.63, 3.8) is 0 Å². The Labute approximate surface area is 151 Å². The Morgan fingerprint density at radius 2 is 1.96 bits per heavy atom. The third kappa shape index (κ3) is 3.21. The number of H-pyrrole nitrogens is 1. The van der Waals surface area contributed by atoms with Crippen molar-refractivity contribution in [2.75, 3.05) is 0 Å². The van der Waals surface area contributed by atoms with Crippen molar-refractivity contribution in [3.8, 4) is 17.3 Å². The maximum Gasteiger partial charge on any atom is 0.280 e. The summed E-state index contributed by atoms with van der Waals surface area (Å²) in [4.78, 5) is 19.5. The second-order valence-electron chi connectivity index (χ2n) is 5.78. The second-order valence-corrected chi connectivity index (χ2v) is 7.02. The number of benzene rings is 1. The van der Waals surface area contributed by atoms with Gasteiger partial charge in [-0.1, -0.05) is 12.1 Å². The third-order valence-corrected chi connectivity index (χ3v) is 4.85. The van der Waals surface area contributed by atoms with Crippen LogP contribution in [0.4, 0.5) is 0 Å². The molecular weight excluding hydrogens is 421 g/mol. The van der Waals surface area contributed by atoms with E-state index in [9.17, 15) is 4.79 Å². The fourth-order valence-electron chi connectivity index (χ4n) is 2.75. The van der Waals surface area contributed by atoms with Crippen LogP contribution >= 0.6 is 22.6 Å². The molecule has 2 aromatic heterocycles. The molecule has 6 nitrogen and oxygen atoms in total. The molecule has 4 rings (SSSR count). The average molecular weight is 435 g/mol. The first-order valence-corrected chi connectivity index (χ1v) is 8.68. The molecule has 2 heterocycles. The van der Waals surface area contributed by atoms with Gasteiger partial charge in [-0.05, 0) is 59.0 Å². The Morgan fingerprint density at radius 1 is 1.17 bits per heavy atom. The molecule has 0 amide bonds. The van der Waals surface area contributed by atoms with Crippen LogP contribution in [0.3, 0.4) is 0 Å². The first kappa shape index (κ1) is 15.4. The monoisotopic (exact) mass is 435 g/mol. The molecule has 0 saturated heterocycles. The molecule has 7 heteroatoms. The molecule has 0 atom stereocenters. The van der Waals surface area contributed by atoms with Crippen LogP contribution in [0.15, 0.2) is 52.0 Å². The lowest BCUT2D eigenvalue weighted by molar-refractivity contribution is 0.0931. The van der Waals surface area contributed by atoms with Crippen molar-refractivity contribution in [2.24, 2.45) is 0 Å². The highest BCUT2D eigenvalue weighted by Gasteiger charge is 2.32. The van der Waals surface area contributed by atoms with Gasteiger partial charge in [0.2, 0.25) is 5.88 Å². The third-order valence-electron chi connectivity index (χ3n) is 4.13. The number of hydrogen-bond acceptors (Lipinski definition) is 5. The van der Waals surface area contributed by atoms with Gasteiger partial charge in [0.15, 0.2) is 5.76 Å². The average Bonchev–Trinajstić information content (AvgIpc) is 2.99. The SMILES string of the molecule is O=c1cc(-c2cnc(OC3CC(c4ccc(I)cc4)C3)cn2)o[nH]1. The van der Waals surface area contributed by atoms with Crippen LogP contribution in [0.1, 0.15) is 24.3 Å². The molecule has 1 N–H and O–H groups in total. The van der Waals surface area contributed by atoms with Crippen molar-refractivity contribution in [2.45, 2.75) is 24.9 Å². The van der Waals surface area contributed by atoms with Crippen molar-refractivity contribution in [1.82, 2.24) is 15.1 Å². The van der Waals surface area contributed by atoms with Gasteiger partial charge in [0.1, 0.15) is 11.8 Å². The molecule has 3 aromatic rings. The maximum absolute atomic E-state index is 11.1. The number of ether oxygens (including phenoxy) is 1. The Kier molecular flexibility index (Phi) is 4.09. The topological polar surface area (TPSA) is 81.0 Å². The van der Waals surface area contributed by atoms with Crippen molar-refractivity contribution in [3.05, 3.63) is 62.2 Å². The summed E-state index contributed by atoms with van der Waals surface area (Å²) in [5, 5.41) is 2.23. The molecule has 1 fully saturated rings. The van der Waals surface area contributed by atoms with Crippen LogP contribution in [0.2, 0.25) is 0 Å². The lowest BCUT2D eigenvalue weighted by Gasteiger charge is -2.35. The Morgan fingerprint density at radius 3 is 2.58 bits per heavy atom. The molecule has 1 aliphatic rings. The number of aromatic amines is 1. The standard InChI is InChI=1S/C17H14IN3O3/c18-12-3-1-10(2-4-12)11-5-13(6-11)23-17-9-19-14(8-20-17)15-7-16(22)21-24-15/h1-4,7-9,11,13H,5-6H2,(H,21,22). The quantitative estimate of drug-likeness (QED) is 0.636. The van der Waals surface area contributed by atoms with Gasteiger partial charge in [-0.3, -0.25) is 4.79 Å². The first-order valence-electron chi connectivity index (χ1n) is 7.60. The zero-order valence-corrected chi connectivity index (χ0v) is 14.8. The molecule has 122 valence electrons. The smallest absolute Gasteiger partial charge is 0.280 e. The summed E-state index contributed by atoms with van der Waals surface area (Å²) in [6.45, 7) is 0. The summed E-state index contributed by atoms with van der Waals surface area (Å²) >= 11 is 2.31. The van der Waals surface area contributed by atoms with Gasteiger partial charge in [-0.2, -0.15) is 5.16 Å². The predicted molar refractivity (Wildman–Crippen MR) is 95.9 cm³/mol. The van der Waals surface area contributed by atoms with E-state index in [4.69, 9.17) is 9.26 Å². The van der Waals surface area contributed by atoms with E-state index < -0.39 is 0 Å². The van der Waals surface area contributed by atoms with E-state index in [0.717, 1.165) is 12.8 Å². The summed E-state index contributed by atoms with van der Waals surface area (Å²) in [5.41, 5.74) is 1.55. The Bertz CT molecular complexity index is 880. The van der Waals surface area contributed by atoms with Gasteiger partial charge in [0, 0.05) is 3.57 Å². The van der Waals surface area contributed by atoms with Crippen molar-refractivity contribution >= 4 is 22.6 Å². The number of nitrogens with one attached hydrogen (secondary N) is 1. The summed E-state index contributed by atoms with van der Waals surface area (Å²) in [6, 6.07) is 9.97. The molecule has 0 unspecified atom stereocenters. The van der Waals surface area contributed by atoms with E-state index in [-0.39, 0.29) is 11.7 Å². The van der Waals surface area contributed by atoms with Gasteiger partial charge >= 0.3 is 0 Å². The molecule has 24 heavy (non-hydrogen) atoms. The van der Waals surface area contributed by atoms with E-state index in [1.54, 1.807) is 6.20 Å². The number of aromatic nitrogens is 3. The minimum absolute atomic E-state index is 0.166. The predicted octanol–water partition coefficient (Wildman–Crippen LogP) is 3.35. The van der Waals surface area contributed by atoms with Crippen LogP contribution in [0.25, 0.3) is 11.5 Å². The number of rotatable bonds is 4. The molecule has 1 aromatic carbocycles. The zero-order valence-electron chi connectivity index (χ0n) is 12.6. The van der Waals surface area contributed by atoms with Gasteiger partial charge in [-0.15, -0.1) is 0 Å². The maximum atomic E-state index is 11.1. The highest BCUT2D eigenvalue weighted by molar-refractivity contribution is 14.1. The Balaban J connectivity index is 1.35. The fourth-order valence-corrected chi connectivity index (χ4v) is 3.11. The molecule has 1 saturated carbocycles. The van der Waals surface area contributed by atoms with Gasteiger partial charge in [0.05, 0.1) is 18.5 Å². The van der Waals surface area contributed by atoms with E-state index >= 15 is 0 Å². The van der Waals surface area contributed by atoms with Crippen LogP contribution in [-0.2, 0) is 0 Å². The van der Waals surface area contributed by atoms with E-state index in [0.29, 0.717) is 23.3 Å². The second kappa shape index (κ2) is 6.39. The normalized spacial score (nSPS) is 19.7. The molecule has 0 radical (unpaired) electrons. The van der Waals surface area contributed by atoms with Crippen molar-refractivity contribution < 1.29 is 9.26 Å². The number of nitrogens with zero attached hydrogens (tertiary/aromatic N) is 2. The van der Waals surface area contributed by atoms with Crippen LogP contribution in [0, 0.1) is 3.57 Å². The minimum atomic E-state index is -0.303. The van der Waals surface area contributed by atoms with Crippen LogP contribution in [-0.4, -0.2) is 21.2 Å². The molecule has 0 spiro atoms. The van der Waals surface area contributed by atoms with E-state index in [1.165, 1.54) is 21.4 Å². The van der Waals surface area contributed by atoms with Crippen molar-refractivity contribution in [1.29, 1.82) is 0 Å². The highest BCUT2D eigenvalue weighted by atomic mass is 127. The molecule has 0 bridgehead atoms.